The maximum atomic E-state index is 11.5. The molecule has 0 heterocycles. The summed E-state index contributed by atoms with van der Waals surface area (Å²) in [5.74, 6) is 0.642. The fourth-order valence-corrected chi connectivity index (χ4v) is 1.73. The van der Waals surface area contributed by atoms with Gasteiger partial charge in [0, 0.05) is 12.8 Å². The molecule has 0 aromatic heterocycles. The quantitative estimate of drug-likeness (QED) is 0.778. The highest BCUT2D eigenvalue weighted by Gasteiger charge is 2.07. The predicted octanol–water partition coefficient (Wildman–Crippen LogP) is 4.15. The lowest BCUT2D eigenvalue weighted by atomic mass is 10.0. The van der Waals surface area contributed by atoms with Gasteiger partial charge in [0.05, 0.1) is 10.0 Å². The van der Waals surface area contributed by atoms with Crippen LogP contribution in [0.25, 0.3) is 0 Å². The Hall–Kier alpha value is -0.530. The van der Waals surface area contributed by atoms with Gasteiger partial charge in [-0.2, -0.15) is 0 Å². The molecule has 1 aromatic rings. The minimum atomic E-state index is 0.239. The summed E-state index contributed by atoms with van der Waals surface area (Å²) in [6.45, 7) is 4.07. The van der Waals surface area contributed by atoms with Gasteiger partial charge < -0.3 is 0 Å². The molecule has 1 rings (SSSR count). The molecule has 0 aliphatic heterocycles. The molecule has 0 unspecified atom stereocenters. The summed E-state index contributed by atoms with van der Waals surface area (Å²) in [7, 11) is 0. The molecule has 1 aromatic carbocycles. The number of benzene rings is 1. The maximum absolute atomic E-state index is 11.5. The van der Waals surface area contributed by atoms with Crippen LogP contribution < -0.4 is 0 Å². The highest BCUT2D eigenvalue weighted by Crippen LogP contribution is 2.23. The Morgan fingerprint density at radius 2 is 1.93 bits per heavy atom. The van der Waals surface area contributed by atoms with Gasteiger partial charge in [0.2, 0.25) is 0 Å². The predicted molar refractivity (Wildman–Crippen MR) is 64.6 cm³/mol. The summed E-state index contributed by atoms with van der Waals surface area (Å²) in [4.78, 5) is 11.5. The number of halogens is 2. The van der Waals surface area contributed by atoms with Crippen molar-refractivity contribution in [2.24, 2.45) is 5.92 Å². The first-order valence-electron chi connectivity index (χ1n) is 4.94. The number of rotatable bonds is 4. The molecule has 0 aliphatic carbocycles. The van der Waals surface area contributed by atoms with Crippen molar-refractivity contribution in [1.29, 1.82) is 0 Å². The summed E-state index contributed by atoms with van der Waals surface area (Å²) in [6, 6.07) is 5.32. The third kappa shape index (κ3) is 4.23. The van der Waals surface area contributed by atoms with Gasteiger partial charge in [0.25, 0.3) is 0 Å². The summed E-state index contributed by atoms with van der Waals surface area (Å²) in [5, 5.41) is 1.03. The first-order valence-corrected chi connectivity index (χ1v) is 5.70. The Kier molecular flexibility index (Phi) is 4.62. The molecule has 0 N–H and O–H groups in total. The minimum Gasteiger partial charge on any atom is -0.299 e. The van der Waals surface area contributed by atoms with Crippen LogP contribution in [0.4, 0.5) is 0 Å². The first kappa shape index (κ1) is 12.5. The van der Waals surface area contributed by atoms with Gasteiger partial charge in [0.1, 0.15) is 5.78 Å². The van der Waals surface area contributed by atoms with Gasteiger partial charge in [-0.15, -0.1) is 0 Å². The number of Topliss-reactive ketones (excluding diaryl/α,β-unsaturated/α-hetero) is 1. The lowest BCUT2D eigenvalue weighted by Gasteiger charge is -2.05. The van der Waals surface area contributed by atoms with Crippen molar-refractivity contribution in [3.63, 3.8) is 0 Å². The topological polar surface area (TPSA) is 17.1 Å². The van der Waals surface area contributed by atoms with E-state index in [9.17, 15) is 4.79 Å². The minimum absolute atomic E-state index is 0.239. The van der Waals surface area contributed by atoms with E-state index in [1.807, 2.05) is 19.9 Å². The van der Waals surface area contributed by atoms with Gasteiger partial charge in [-0.05, 0) is 23.6 Å². The highest BCUT2D eigenvalue weighted by molar-refractivity contribution is 6.42. The van der Waals surface area contributed by atoms with Crippen LogP contribution >= 0.6 is 23.2 Å². The average molecular weight is 245 g/mol. The average Bonchev–Trinajstić information content (AvgIpc) is 2.10. The number of hydrogen-bond acceptors (Lipinski definition) is 1. The van der Waals surface area contributed by atoms with Gasteiger partial charge >= 0.3 is 0 Å². The molecule has 0 spiro atoms. The molecule has 0 radical (unpaired) electrons. The molecule has 0 saturated carbocycles. The second-order valence-corrected chi connectivity index (χ2v) is 4.88. The van der Waals surface area contributed by atoms with E-state index < -0.39 is 0 Å². The van der Waals surface area contributed by atoms with Crippen molar-refractivity contribution in [2.45, 2.75) is 26.7 Å². The van der Waals surface area contributed by atoms with Crippen LogP contribution in [0.5, 0.6) is 0 Å². The first-order chi connectivity index (χ1) is 6.99. The number of hydrogen-bond donors (Lipinski definition) is 0. The molecule has 0 fully saturated rings. The van der Waals surface area contributed by atoms with E-state index in [2.05, 4.69) is 0 Å². The lowest BCUT2D eigenvalue weighted by molar-refractivity contribution is -0.119. The van der Waals surface area contributed by atoms with Crippen LogP contribution in [0.2, 0.25) is 10.0 Å². The monoisotopic (exact) mass is 244 g/mol. The molecular formula is C12H14Cl2O. The third-order valence-corrected chi connectivity index (χ3v) is 2.76. The van der Waals surface area contributed by atoms with Crippen LogP contribution in [0.15, 0.2) is 18.2 Å². The van der Waals surface area contributed by atoms with Crippen molar-refractivity contribution in [3.8, 4) is 0 Å². The fourth-order valence-electron chi connectivity index (χ4n) is 1.40. The maximum Gasteiger partial charge on any atom is 0.137 e. The molecule has 0 aliphatic rings. The Morgan fingerprint density at radius 3 is 2.47 bits per heavy atom. The largest absolute Gasteiger partial charge is 0.299 e. The van der Waals surface area contributed by atoms with E-state index in [-0.39, 0.29) is 5.78 Å². The number of carbonyl (C=O) groups is 1. The van der Waals surface area contributed by atoms with E-state index in [1.165, 1.54) is 0 Å². The van der Waals surface area contributed by atoms with E-state index in [0.717, 1.165) is 5.56 Å². The molecule has 0 bridgehead atoms. The summed E-state index contributed by atoms with van der Waals surface area (Å²) in [6.07, 6.45) is 1.05. The Labute approximate surface area is 100 Å². The van der Waals surface area contributed by atoms with Crippen LogP contribution in [0, 0.1) is 5.92 Å². The molecule has 1 nitrogen and oxygen atoms in total. The van der Waals surface area contributed by atoms with Crippen molar-refractivity contribution in [2.75, 3.05) is 0 Å². The summed E-state index contributed by atoms with van der Waals surface area (Å²) in [5.41, 5.74) is 0.926. The van der Waals surface area contributed by atoms with E-state index >= 15 is 0 Å². The number of ketones is 1. The van der Waals surface area contributed by atoms with Gasteiger partial charge in [-0.3, -0.25) is 4.79 Å². The molecule has 3 heteroatoms. The van der Waals surface area contributed by atoms with Crippen LogP contribution in [0.3, 0.4) is 0 Å². The molecular weight excluding hydrogens is 231 g/mol. The molecule has 0 atom stereocenters. The van der Waals surface area contributed by atoms with Crippen molar-refractivity contribution in [1.82, 2.24) is 0 Å². The Bertz CT molecular complexity index is 359. The SMILES string of the molecule is CC(C)CC(=O)Cc1ccc(Cl)c(Cl)c1. The van der Waals surface area contributed by atoms with Crippen LogP contribution in [-0.2, 0) is 11.2 Å². The van der Waals surface area contributed by atoms with Crippen LogP contribution in [0.1, 0.15) is 25.8 Å². The van der Waals surface area contributed by atoms with E-state index in [4.69, 9.17) is 23.2 Å². The zero-order valence-corrected chi connectivity index (χ0v) is 10.4. The fraction of sp³-hybridized carbons (Fsp3) is 0.417. The third-order valence-electron chi connectivity index (χ3n) is 2.02. The summed E-state index contributed by atoms with van der Waals surface area (Å²) >= 11 is 11.6. The smallest absolute Gasteiger partial charge is 0.137 e. The summed E-state index contributed by atoms with van der Waals surface area (Å²) < 4.78 is 0. The molecule has 15 heavy (non-hydrogen) atoms. The van der Waals surface area contributed by atoms with Crippen molar-refractivity contribution >= 4 is 29.0 Å². The standard InChI is InChI=1S/C12H14Cl2O/c1-8(2)5-10(15)6-9-3-4-11(13)12(14)7-9/h3-4,7-8H,5-6H2,1-2H3. The second-order valence-electron chi connectivity index (χ2n) is 4.06. The molecule has 0 saturated heterocycles. The zero-order chi connectivity index (χ0) is 11.4. The molecule has 0 amide bonds. The highest BCUT2D eigenvalue weighted by atomic mass is 35.5. The normalized spacial score (nSPS) is 10.7. The number of carbonyl (C=O) groups excluding carboxylic acids is 1. The molecule has 82 valence electrons. The van der Waals surface area contributed by atoms with Gasteiger partial charge in [-0.25, -0.2) is 0 Å². The van der Waals surface area contributed by atoms with Crippen LogP contribution in [-0.4, -0.2) is 5.78 Å². The zero-order valence-electron chi connectivity index (χ0n) is 8.89. The Morgan fingerprint density at radius 1 is 1.27 bits per heavy atom. The van der Waals surface area contributed by atoms with Crippen molar-refractivity contribution in [3.05, 3.63) is 33.8 Å². The van der Waals surface area contributed by atoms with E-state index in [0.29, 0.717) is 28.8 Å². The van der Waals surface area contributed by atoms with E-state index in [1.54, 1.807) is 12.1 Å². The lowest BCUT2D eigenvalue weighted by Crippen LogP contribution is -2.06. The second kappa shape index (κ2) is 5.53. The Balaban J connectivity index is 2.65. The van der Waals surface area contributed by atoms with Gasteiger partial charge in [0.15, 0.2) is 0 Å². The van der Waals surface area contributed by atoms with Gasteiger partial charge in [-0.1, -0.05) is 43.1 Å². The van der Waals surface area contributed by atoms with Crippen molar-refractivity contribution < 1.29 is 4.79 Å².